The quantitative estimate of drug-likeness (QED) is 0.309. The van der Waals surface area contributed by atoms with E-state index < -0.39 is 11.7 Å². The lowest BCUT2D eigenvalue weighted by molar-refractivity contribution is -0.0514. The number of hydrogen-bond donors (Lipinski definition) is 4. The zero-order valence-corrected chi connectivity index (χ0v) is 10.3. The Kier molecular flexibility index (Phi) is 5.32. The summed E-state index contributed by atoms with van der Waals surface area (Å²) in [6, 6.07) is 0. The zero-order chi connectivity index (χ0) is 13.6. The number of piperidine rings is 1. The molecule has 0 saturated carbocycles. The summed E-state index contributed by atoms with van der Waals surface area (Å²) >= 11 is 0. The molecule has 18 heavy (non-hydrogen) atoms. The summed E-state index contributed by atoms with van der Waals surface area (Å²) in [5.74, 6) is -0.166. The lowest BCUT2D eigenvalue weighted by Crippen LogP contribution is -2.55. The Balaban J connectivity index is 2.66. The fourth-order valence-corrected chi connectivity index (χ4v) is 1.99. The summed E-state index contributed by atoms with van der Waals surface area (Å²) in [6.07, 6.45) is 0.289. The molecule has 1 amide bonds. The van der Waals surface area contributed by atoms with Crippen molar-refractivity contribution >= 4 is 11.9 Å². The maximum absolute atomic E-state index is 11.3. The summed E-state index contributed by atoms with van der Waals surface area (Å²) in [4.78, 5) is 12.8. The number of ether oxygens (including phenoxy) is 2. The van der Waals surface area contributed by atoms with Gasteiger partial charge in [0, 0.05) is 25.9 Å². The van der Waals surface area contributed by atoms with Crippen molar-refractivity contribution in [2.45, 2.75) is 18.4 Å². The third kappa shape index (κ3) is 3.09. The number of likely N-dealkylation sites (tertiary alicyclic amines) is 1. The molecule has 1 fully saturated rings. The van der Waals surface area contributed by atoms with Gasteiger partial charge in [0.05, 0.1) is 20.3 Å². The van der Waals surface area contributed by atoms with Crippen molar-refractivity contribution in [3.8, 4) is 0 Å². The van der Waals surface area contributed by atoms with Gasteiger partial charge in [-0.25, -0.2) is 4.79 Å². The van der Waals surface area contributed by atoms with Gasteiger partial charge in [-0.3, -0.25) is 16.1 Å². The van der Waals surface area contributed by atoms with Crippen molar-refractivity contribution in [1.29, 1.82) is 5.41 Å². The number of carbonyl (C=O) groups excluding carboxylic acids is 1. The fourth-order valence-electron chi connectivity index (χ4n) is 1.99. The molecule has 0 radical (unpaired) electrons. The minimum Gasteiger partial charge on any atom is -0.453 e. The van der Waals surface area contributed by atoms with Gasteiger partial charge in [-0.1, -0.05) is 0 Å². The largest absolute Gasteiger partial charge is 0.453 e. The van der Waals surface area contributed by atoms with Crippen molar-refractivity contribution in [2.24, 2.45) is 0 Å². The van der Waals surface area contributed by atoms with E-state index in [1.54, 1.807) is 5.48 Å². The molecule has 0 aromatic rings. The number of amidine groups is 1. The number of hydrogen-bond acceptors (Lipinski definition) is 6. The first-order valence-corrected chi connectivity index (χ1v) is 5.66. The topological polar surface area (TPSA) is 115 Å². The first-order chi connectivity index (χ1) is 8.59. The van der Waals surface area contributed by atoms with Crippen LogP contribution in [0.5, 0.6) is 0 Å². The Morgan fingerprint density at radius 3 is 2.56 bits per heavy atom. The average molecular weight is 261 g/mol. The molecule has 1 saturated heterocycles. The molecule has 104 valence electrons. The van der Waals surface area contributed by atoms with Crippen molar-refractivity contribution in [1.82, 2.24) is 10.4 Å². The van der Waals surface area contributed by atoms with Crippen LogP contribution in [0, 0.1) is 5.41 Å². The molecule has 0 spiro atoms. The third-order valence-corrected chi connectivity index (χ3v) is 3.04. The van der Waals surface area contributed by atoms with Crippen LogP contribution in [0.4, 0.5) is 4.79 Å². The van der Waals surface area contributed by atoms with E-state index in [9.17, 15) is 4.79 Å². The van der Waals surface area contributed by atoms with Crippen molar-refractivity contribution in [3.05, 3.63) is 0 Å². The Labute approximate surface area is 105 Å². The van der Waals surface area contributed by atoms with E-state index in [4.69, 9.17) is 20.5 Å². The molecular weight excluding hydrogens is 242 g/mol. The van der Waals surface area contributed by atoms with Gasteiger partial charge in [-0.15, -0.1) is 0 Å². The summed E-state index contributed by atoms with van der Waals surface area (Å²) in [6.45, 7) is 0.633. The Hall–Kier alpha value is -1.38. The van der Waals surface area contributed by atoms with E-state index in [0.717, 1.165) is 0 Å². The zero-order valence-electron chi connectivity index (χ0n) is 10.3. The standard InChI is InChI=1S/C10H19N3O5/c1-17-9(15)13-4-2-10(3-5-13,8(11)12-16)18-7-6-14/h14,16H,2-7H2,1H3,(H2,11,12). The molecule has 8 nitrogen and oxygen atoms in total. The smallest absolute Gasteiger partial charge is 0.409 e. The number of nitrogens with zero attached hydrogens (tertiary/aromatic N) is 1. The van der Waals surface area contributed by atoms with Gasteiger partial charge in [0.15, 0.2) is 5.84 Å². The van der Waals surface area contributed by atoms with Crippen LogP contribution in [0.3, 0.4) is 0 Å². The highest BCUT2D eigenvalue weighted by Crippen LogP contribution is 2.27. The molecule has 0 atom stereocenters. The maximum Gasteiger partial charge on any atom is 0.409 e. The molecule has 1 aliphatic heterocycles. The van der Waals surface area contributed by atoms with Crippen LogP contribution in [0.2, 0.25) is 0 Å². The number of aliphatic hydroxyl groups excluding tert-OH is 1. The predicted molar refractivity (Wildman–Crippen MR) is 61.6 cm³/mol. The molecule has 0 bridgehead atoms. The number of rotatable bonds is 4. The number of aliphatic hydroxyl groups is 1. The second-order valence-corrected chi connectivity index (χ2v) is 4.01. The highest BCUT2D eigenvalue weighted by atomic mass is 16.5. The fraction of sp³-hybridized carbons (Fsp3) is 0.800. The van der Waals surface area contributed by atoms with Gasteiger partial charge in [0.1, 0.15) is 5.60 Å². The van der Waals surface area contributed by atoms with Crippen LogP contribution in [-0.4, -0.2) is 66.2 Å². The monoisotopic (exact) mass is 261 g/mol. The number of amides is 1. The minimum atomic E-state index is -0.984. The lowest BCUT2D eigenvalue weighted by Gasteiger charge is -2.40. The van der Waals surface area contributed by atoms with Gasteiger partial charge in [0.2, 0.25) is 0 Å². The minimum absolute atomic E-state index is 0.0717. The van der Waals surface area contributed by atoms with E-state index in [-0.39, 0.29) is 19.0 Å². The van der Waals surface area contributed by atoms with E-state index in [0.29, 0.717) is 25.9 Å². The Morgan fingerprint density at radius 1 is 1.50 bits per heavy atom. The maximum atomic E-state index is 11.3. The molecular formula is C10H19N3O5. The SMILES string of the molecule is COC(=O)N1CCC(OCCO)(C(=N)NO)CC1. The molecule has 1 heterocycles. The number of carbonyl (C=O) groups is 1. The first-order valence-electron chi connectivity index (χ1n) is 5.66. The summed E-state index contributed by atoms with van der Waals surface area (Å²) in [5.41, 5.74) is 0.800. The number of methoxy groups -OCH3 is 1. The normalized spacial score (nSPS) is 18.3. The van der Waals surface area contributed by atoms with Crippen LogP contribution in [-0.2, 0) is 9.47 Å². The lowest BCUT2D eigenvalue weighted by atomic mass is 9.90. The Bertz CT molecular complexity index is 302. The second-order valence-electron chi connectivity index (χ2n) is 4.01. The summed E-state index contributed by atoms with van der Waals surface area (Å²) in [5, 5.41) is 25.3. The molecule has 0 unspecified atom stereocenters. The molecule has 1 aliphatic rings. The van der Waals surface area contributed by atoms with Gasteiger partial charge in [-0.05, 0) is 0 Å². The van der Waals surface area contributed by atoms with Gasteiger partial charge >= 0.3 is 6.09 Å². The van der Waals surface area contributed by atoms with E-state index in [1.165, 1.54) is 12.0 Å². The van der Waals surface area contributed by atoms with E-state index >= 15 is 0 Å². The van der Waals surface area contributed by atoms with Crippen LogP contribution in [0.25, 0.3) is 0 Å². The Morgan fingerprint density at radius 2 is 2.11 bits per heavy atom. The van der Waals surface area contributed by atoms with Gasteiger partial charge in [0.25, 0.3) is 0 Å². The highest BCUT2D eigenvalue weighted by molar-refractivity contribution is 5.87. The van der Waals surface area contributed by atoms with Crippen LogP contribution >= 0.6 is 0 Å². The molecule has 0 aromatic heterocycles. The van der Waals surface area contributed by atoms with Gasteiger partial charge in [-0.2, -0.15) is 0 Å². The molecule has 1 rings (SSSR count). The molecule has 0 aromatic carbocycles. The van der Waals surface area contributed by atoms with Crippen LogP contribution < -0.4 is 5.48 Å². The first kappa shape index (κ1) is 14.7. The summed E-state index contributed by atoms with van der Waals surface area (Å²) in [7, 11) is 1.31. The second kappa shape index (κ2) is 6.53. The van der Waals surface area contributed by atoms with Crippen molar-refractivity contribution < 1.29 is 24.6 Å². The van der Waals surface area contributed by atoms with Crippen molar-refractivity contribution in [2.75, 3.05) is 33.4 Å². The highest BCUT2D eigenvalue weighted by Gasteiger charge is 2.41. The van der Waals surface area contributed by atoms with E-state index in [1.807, 2.05) is 0 Å². The third-order valence-electron chi connectivity index (χ3n) is 3.04. The number of hydroxylamine groups is 1. The molecule has 0 aliphatic carbocycles. The average Bonchev–Trinajstić information content (AvgIpc) is 2.43. The van der Waals surface area contributed by atoms with Crippen molar-refractivity contribution in [3.63, 3.8) is 0 Å². The van der Waals surface area contributed by atoms with Crippen LogP contribution in [0.15, 0.2) is 0 Å². The predicted octanol–water partition coefficient (Wildman–Crippen LogP) is -0.448. The number of nitrogens with one attached hydrogen (secondary N) is 2. The van der Waals surface area contributed by atoms with Crippen LogP contribution in [0.1, 0.15) is 12.8 Å². The summed E-state index contributed by atoms with van der Waals surface area (Å²) < 4.78 is 10.1. The van der Waals surface area contributed by atoms with Gasteiger partial charge < -0.3 is 19.5 Å². The molecule has 4 N–H and O–H groups in total. The van der Waals surface area contributed by atoms with E-state index in [2.05, 4.69) is 4.74 Å². The molecule has 8 heteroatoms.